The maximum absolute atomic E-state index is 12.5. The number of hydrogen-bond donors (Lipinski definition) is 1. The highest BCUT2D eigenvalue weighted by molar-refractivity contribution is 5.54. The molecule has 0 saturated carbocycles. The molecular weight excluding hydrogens is 300 g/mol. The predicted molar refractivity (Wildman–Crippen MR) is 95.4 cm³/mol. The molecule has 2 aromatic heterocycles. The van der Waals surface area contributed by atoms with E-state index in [1.807, 2.05) is 25.1 Å². The molecule has 3 heterocycles. The molecule has 0 fully saturated rings. The number of nitrogens with one attached hydrogen (secondary N) is 1. The molecule has 0 atom stereocenters. The molecule has 0 spiro atoms. The number of nitrogens with zero attached hydrogens (tertiary/aromatic N) is 3. The zero-order valence-corrected chi connectivity index (χ0v) is 13.7. The number of hydrogen-bond acceptors (Lipinski definition) is 4. The summed E-state index contributed by atoms with van der Waals surface area (Å²) >= 11 is 0. The van der Waals surface area contributed by atoms with Gasteiger partial charge in [0, 0.05) is 37.1 Å². The van der Waals surface area contributed by atoms with Crippen molar-refractivity contribution in [3.8, 4) is 0 Å². The van der Waals surface area contributed by atoms with Crippen LogP contribution in [0.2, 0.25) is 0 Å². The van der Waals surface area contributed by atoms with Crippen molar-refractivity contribution in [2.45, 2.75) is 20.0 Å². The summed E-state index contributed by atoms with van der Waals surface area (Å²) in [6.07, 6.45) is 0. The molecule has 0 radical (unpaired) electrons. The second-order valence-electron chi connectivity index (χ2n) is 6.17. The SMILES string of the molecule is Cc1cccc2nc(CN3CCNCc4ccccc43)cc(=O)n12. The Morgan fingerprint density at radius 2 is 2.04 bits per heavy atom. The number of para-hydroxylation sites is 1. The third-order valence-corrected chi connectivity index (χ3v) is 4.49. The fourth-order valence-corrected chi connectivity index (χ4v) is 3.33. The molecule has 122 valence electrons. The summed E-state index contributed by atoms with van der Waals surface area (Å²) < 4.78 is 1.65. The first kappa shape index (κ1) is 14.9. The Balaban J connectivity index is 1.73. The van der Waals surface area contributed by atoms with Gasteiger partial charge in [0.2, 0.25) is 0 Å². The van der Waals surface area contributed by atoms with E-state index in [1.165, 1.54) is 11.3 Å². The molecular formula is C19H20N4O. The molecule has 0 aliphatic carbocycles. The average Bonchev–Trinajstić information content (AvgIpc) is 2.77. The molecule has 24 heavy (non-hydrogen) atoms. The van der Waals surface area contributed by atoms with Crippen LogP contribution in [-0.2, 0) is 13.1 Å². The number of anilines is 1. The first-order chi connectivity index (χ1) is 11.7. The third-order valence-electron chi connectivity index (χ3n) is 4.49. The van der Waals surface area contributed by atoms with Gasteiger partial charge in [0.1, 0.15) is 5.65 Å². The van der Waals surface area contributed by atoms with Crippen molar-refractivity contribution in [2.24, 2.45) is 0 Å². The highest BCUT2D eigenvalue weighted by Crippen LogP contribution is 2.23. The second kappa shape index (κ2) is 6.09. The summed E-state index contributed by atoms with van der Waals surface area (Å²) in [7, 11) is 0. The van der Waals surface area contributed by atoms with Gasteiger partial charge in [-0.1, -0.05) is 24.3 Å². The monoisotopic (exact) mass is 320 g/mol. The number of aromatic nitrogens is 2. The van der Waals surface area contributed by atoms with E-state index in [0.29, 0.717) is 12.2 Å². The minimum absolute atomic E-state index is 0.0191. The van der Waals surface area contributed by atoms with Crippen molar-refractivity contribution in [1.29, 1.82) is 0 Å². The van der Waals surface area contributed by atoms with Crippen molar-refractivity contribution in [2.75, 3.05) is 18.0 Å². The Morgan fingerprint density at radius 3 is 2.96 bits per heavy atom. The van der Waals surface area contributed by atoms with Gasteiger partial charge in [0.05, 0.1) is 12.2 Å². The van der Waals surface area contributed by atoms with E-state index in [4.69, 9.17) is 4.98 Å². The van der Waals surface area contributed by atoms with Crippen LogP contribution in [-0.4, -0.2) is 22.5 Å². The molecule has 4 rings (SSSR count). The van der Waals surface area contributed by atoms with Gasteiger partial charge >= 0.3 is 0 Å². The Bertz CT molecular complexity index is 947. The Kier molecular flexibility index (Phi) is 3.78. The van der Waals surface area contributed by atoms with Gasteiger partial charge in [-0.2, -0.15) is 0 Å². The van der Waals surface area contributed by atoms with Crippen LogP contribution < -0.4 is 15.8 Å². The Morgan fingerprint density at radius 1 is 1.17 bits per heavy atom. The maximum atomic E-state index is 12.5. The maximum Gasteiger partial charge on any atom is 0.258 e. The molecule has 1 aliphatic rings. The quantitative estimate of drug-likeness (QED) is 0.786. The number of benzene rings is 1. The van der Waals surface area contributed by atoms with Crippen LogP contribution in [0.25, 0.3) is 5.65 Å². The van der Waals surface area contributed by atoms with Crippen LogP contribution in [0.15, 0.2) is 53.3 Å². The van der Waals surface area contributed by atoms with E-state index in [0.717, 1.165) is 31.0 Å². The molecule has 0 bridgehead atoms. The minimum Gasteiger partial charge on any atom is -0.364 e. The topological polar surface area (TPSA) is 49.6 Å². The number of rotatable bonds is 2. The zero-order valence-electron chi connectivity index (χ0n) is 13.7. The van der Waals surface area contributed by atoms with Crippen LogP contribution >= 0.6 is 0 Å². The molecule has 1 aliphatic heterocycles. The van der Waals surface area contributed by atoms with E-state index in [-0.39, 0.29) is 5.56 Å². The lowest BCUT2D eigenvalue weighted by Gasteiger charge is -2.24. The van der Waals surface area contributed by atoms with Crippen molar-refractivity contribution in [1.82, 2.24) is 14.7 Å². The van der Waals surface area contributed by atoms with E-state index < -0.39 is 0 Å². The molecule has 0 saturated heterocycles. The Hall–Kier alpha value is -2.66. The highest BCUT2D eigenvalue weighted by atomic mass is 16.1. The van der Waals surface area contributed by atoms with E-state index >= 15 is 0 Å². The van der Waals surface area contributed by atoms with Crippen molar-refractivity contribution >= 4 is 11.3 Å². The molecule has 5 nitrogen and oxygen atoms in total. The lowest BCUT2D eigenvalue weighted by Crippen LogP contribution is -2.29. The summed E-state index contributed by atoms with van der Waals surface area (Å²) in [5, 5.41) is 3.44. The molecule has 0 unspecified atom stereocenters. The van der Waals surface area contributed by atoms with E-state index in [1.54, 1.807) is 10.5 Å². The lowest BCUT2D eigenvalue weighted by molar-refractivity contribution is 0.684. The molecule has 0 amide bonds. The van der Waals surface area contributed by atoms with Crippen LogP contribution in [0.4, 0.5) is 5.69 Å². The molecule has 5 heteroatoms. The van der Waals surface area contributed by atoms with Gasteiger partial charge in [-0.3, -0.25) is 9.20 Å². The summed E-state index contributed by atoms with van der Waals surface area (Å²) in [5.74, 6) is 0. The normalized spacial score (nSPS) is 14.5. The third kappa shape index (κ3) is 2.67. The van der Waals surface area contributed by atoms with Crippen LogP contribution in [0.5, 0.6) is 0 Å². The molecule has 1 aromatic carbocycles. The lowest BCUT2D eigenvalue weighted by atomic mass is 10.1. The van der Waals surface area contributed by atoms with Crippen molar-refractivity contribution < 1.29 is 0 Å². The summed E-state index contributed by atoms with van der Waals surface area (Å²) in [6, 6.07) is 15.8. The Labute approximate surface area is 140 Å². The summed E-state index contributed by atoms with van der Waals surface area (Å²) in [6.45, 7) is 5.25. The fourth-order valence-electron chi connectivity index (χ4n) is 3.33. The largest absolute Gasteiger partial charge is 0.364 e. The van der Waals surface area contributed by atoms with E-state index in [9.17, 15) is 4.79 Å². The smallest absolute Gasteiger partial charge is 0.258 e. The first-order valence-electron chi connectivity index (χ1n) is 8.24. The van der Waals surface area contributed by atoms with E-state index in [2.05, 4.69) is 34.5 Å². The van der Waals surface area contributed by atoms with Gasteiger partial charge < -0.3 is 10.2 Å². The predicted octanol–water partition coefficient (Wildman–Crippen LogP) is 2.11. The number of pyridine rings is 1. The average molecular weight is 320 g/mol. The highest BCUT2D eigenvalue weighted by Gasteiger charge is 2.16. The number of fused-ring (bicyclic) bond motifs is 2. The minimum atomic E-state index is -0.0191. The molecule has 1 N–H and O–H groups in total. The summed E-state index contributed by atoms with van der Waals surface area (Å²) in [4.78, 5) is 19.5. The van der Waals surface area contributed by atoms with Crippen molar-refractivity contribution in [3.63, 3.8) is 0 Å². The molecule has 3 aromatic rings. The fraction of sp³-hybridized carbons (Fsp3) is 0.263. The number of aryl methyl sites for hydroxylation is 1. The summed E-state index contributed by atoms with van der Waals surface area (Å²) in [5.41, 5.74) is 4.90. The van der Waals surface area contributed by atoms with Gasteiger partial charge in [-0.05, 0) is 30.7 Å². The second-order valence-corrected chi connectivity index (χ2v) is 6.17. The van der Waals surface area contributed by atoms with Crippen LogP contribution in [0, 0.1) is 6.92 Å². The van der Waals surface area contributed by atoms with Crippen molar-refractivity contribution in [3.05, 3.63) is 75.8 Å². The standard InChI is InChI=1S/C19H20N4O/c1-14-5-4-8-18-21-16(11-19(24)23(14)18)13-22-10-9-20-12-15-6-2-3-7-17(15)22/h2-8,11,20H,9-10,12-13H2,1H3. The first-order valence-corrected chi connectivity index (χ1v) is 8.24. The van der Waals surface area contributed by atoms with Gasteiger partial charge in [-0.15, -0.1) is 0 Å². The van der Waals surface area contributed by atoms with Crippen LogP contribution in [0.1, 0.15) is 17.0 Å². The van der Waals surface area contributed by atoms with Crippen LogP contribution in [0.3, 0.4) is 0 Å². The zero-order chi connectivity index (χ0) is 16.5. The van der Waals surface area contributed by atoms with Gasteiger partial charge in [0.25, 0.3) is 5.56 Å². The van der Waals surface area contributed by atoms with Gasteiger partial charge in [-0.25, -0.2) is 4.98 Å². The van der Waals surface area contributed by atoms with Gasteiger partial charge in [0.15, 0.2) is 0 Å².